The highest BCUT2D eigenvalue weighted by atomic mass is 35.5. The van der Waals surface area contributed by atoms with Gasteiger partial charge in [-0.15, -0.1) is 0 Å². The summed E-state index contributed by atoms with van der Waals surface area (Å²) in [6.45, 7) is 2.36. The van der Waals surface area contributed by atoms with Crippen LogP contribution in [-0.4, -0.2) is 35.5 Å². The van der Waals surface area contributed by atoms with Gasteiger partial charge in [0.25, 0.3) is 0 Å². The highest BCUT2D eigenvalue weighted by Gasteiger charge is 2.32. The smallest absolute Gasteiger partial charge is 0.312 e. The first kappa shape index (κ1) is 15.6. The average Bonchev–Trinajstić information content (AvgIpc) is 2.88. The zero-order chi connectivity index (χ0) is 15.4. The van der Waals surface area contributed by atoms with Crippen LogP contribution in [0.25, 0.3) is 0 Å². The average molecular weight is 310 g/mol. The Labute approximate surface area is 129 Å². The molecule has 3 amide bonds. The van der Waals surface area contributed by atoms with Crippen molar-refractivity contribution in [2.75, 3.05) is 6.54 Å². The Morgan fingerprint density at radius 1 is 1.48 bits per heavy atom. The lowest BCUT2D eigenvalue weighted by molar-refractivity contribution is -0.133. The largest absolute Gasteiger partial charge is 0.352 e. The summed E-state index contributed by atoms with van der Waals surface area (Å²) in [5.41, 5.74) is 6.11. The molecule has 21 heavy (non-hydrogen) atoms. The fourth-order valence-corrected chi connectivity index (χ4v) is 2.99. The van der Waals surface area contributed by atoms with Crippen LogP contribution in [0.4, 0.5) is 4.79 Å². The second-order valence-electron chi connectivity index (χ2n) is 5.35. The number of hydrogen-bond donors (Lipinski definition) is 2. The van der Waals surface area contributed by atoms with Gasteiger partial charge in [-0.25, -0.2) is 4.79 Å². The molecule has 0 spiro atoms. The summed E-state index contributed by atoms with van der Waals surface area (Å²) in [4.78, 5) is 25.1. The van der Waals surface area contributed by atoms with Crippen molar-refractivity contribution in [2.24, 2.45) is 5.73 Å². The van der Waals surface area contributed by atoms with E-state index in [2.05, 4.69) is 5.32 Å². The molecule has 5 nitrogen and oxygen atoms in total. The fraction of sp³-hybridized carbons (Fsp3) is 0.467. The van der Waals surface area contributed by atoms with Gasteiger partial charge in [-0.1, -0.05) is 29.8 Å². The molecular weight excluding hydrogens is 290 g/mol. The Morgan fingerprint density at radius 2 is 2.19 bits per heavy atom. The number of carbonyl (C=O) groups excluding carboxylic acids is 2. The number of halogens is 1. The van der Waals surface area contributed by atoms with Crippen molar-refractivity contribution >= 4 is 23.5 Å². The van der Waals surface area contributed by atoms with Crippen LogP contribution < -0.4 is 11.1 Å². The number of primary amides is 1. The molecule has 114 valence electrons. The van der Waals surface area contributed by atoms with E-state index in [0.717, 1.165) is 29.8 Å². The lowest BCUT2D eigenvalue weighted by Crippen LogP contribution is -2.50. The number of carbonyl (C=O) groups is 2. The molecule has 0 aromatic heterocycles. The molecule has 3 N–H and O–H groups in total. The Bertz CT molecular complexity index is 535. The van der Waals surface area contributed by atoms with Crippen molar-refractivity contribution in [1.82, 2.24) is 10.2 Å². The number of nitrogens with one attached hydrogen (secondary N) is 1. The Hall–Kier alpha value is -1.75. The van der Waals surface area contributed by atoms with Crippen LogP contribution in [0.15, 0.2) is 24.3 Å². The molecule has 1 aromatic carbocycles. The molecule has 6 heteroatoms. The van der Waals surface area contributed by atoms with E-state index in [-0.39, 0.29) is 11.9 Å². The summed E-state index contributed by atoms with van der Waals surface area (Å²) >= 11 is 6.18. The Kier molecular flexibility index (Phi) is 5.07. The Morgan fingerprint density at radius 3 is 2.86 bits per heavy atom. The molecule has 1 heterocycles. The number of likely N-dealkylation sites (tertiary alicyclic amines) is 1. The molecular formula is C15H20ClN3O2. The molecule has 0 saturated carbocycles. The van der Waals surface area contributed by atoms with Gasteiger partial charge in [0.05, 0.1) is 0 Å². The standard InChI is InChI=1S/C15H20ClN3O2/c1-10(18-15(17)21)14(20)19-8-4-6-12(19)9-11-5-2-3-7-13(11)16/h2-3,5,7,10,12H,4,6,8-9H2,1H3,(H3,17,18,21). The van der Waals surface area contributed by atoms with E-state index in [0.29, 0.717) is 6.54 Å². The van der Waals surface area contributed by atoms with Crippen molar-refractivity contribution < 1.29 is 9.59 Å². The summed E-state index contributed by atoms with van der Waals surface area (Å²) in [6, 6.07) is 6.51. The highest BCUT2D eigenvalue weighted by Crippen LogP contribution is 2.25. The summed E-state index contributed by atoms with van der Waals surface area (Å²) in [7, 11) is 0. The molecule has 2 atom stereocenters. The van der Waals surface area contributed by atoms with Crippen molar-refractivity contribution in [3.05, 3.63) is 34.9 Å². The van der Waals surface area contributed by atoms with Gasteiger partial charge >= 0.3 is 6.03 Å². The van der Waals surface area contributed by atoms with Crippen LogP contribution >= 0.6 is 11.6 Å². The molecule has 1 saturated heterocycles. The van der Waals surface area contributed by atoms with Crippen molar-refractivity contribution in [3.63, 3.8) is 0 Å². The van der Waals surface area contributed by atoms with E-state index in [9.17, 15) is 9.59 Å². The van der Waals surface area contributed by atoms with Crippen LogP contribution in [0, 0.1) is 0 Å². The van der Waals surface area contributed by atoms with Gasteiger partial charge in [0.2, 0.25) is 5.91 Å². The summed E-state index contributed by atoms with van der Waals surface area (Å²) < 4.78 is 0. The van der Waals surface area contributed by atoms with Gasteiger partial charge < -0.3 is 16.0 Å². The van der Waals surface area contributed by atoms with Crippen LogP contribution in [0.2, 0.25) is 5.02 Å². The molecule has 1 aromatic rings. The van der Waals surface area contributed by atoms with Crippen LogP contribution in [0.3, 0.4) is 0 Å². The number of nitrogens with two attached hydrogens (primary N) is 1. The van der Waals surface area contributed by atoms with Crippen molar-refractivity contribution in [3.8, 4) is 0 Å². The predicted octanol–water partition coefficient (Wildman–Crippen LogP) is 1.93. The van der Waals surface area contributed by atoms with Gasteiger partial charge in [-0.2, -0.15) is 0 Å². The molecule has 0 aliphatic carbocycles. The van der Waals surface area contributed by atoms with Crippen molar-refractivity contribution in [2.45, 2.75) is 38.3 Å². The second kappa shape index (κ2) is 6.80. The SMILES string of the molecule is CC(NC(N)=O)C(=O)N1CCCC1Cc1ccccc1Cl. The summed E-state index contributed by atoms with van der Waals surface area (Å²) in [5, 5.41) is 3.16. The Balaban J connectivity index is 2.05. The minimum atomic E-state index is -0.683. The lowest BCUT2D eigenvalue weighted by Gasteiger charge is -2.28. The summed E-state index contributed by atoms with van der Waals surface area (Å²) in [6.07, 6.45) is 2.64. The topological polar surface area (TPSA) is 75.4 Å². The highest BCUT2D eigenvalue weighted by molar-refractivity contribution is 6.31. The van der Waals surface area contributed by atoms with E-state index < -0.39 is 12.1 Å². The lowest BCUT2D eigenvalue weighted by atomic mass is 10.0. The maximum Gasteiger partial charge on any atom is 0.312 e. The van der Waals surface area contributed by atoms with E-state index in [4.69, 9.17) is 17.3 Å². The molecule has 0 bridgehead atoms. The monoisotopic (exact) mass is 309 g/mol. The van der Waals surface area contributed by atoms with Gasteiger partial charge in [-0.3, -0.25) is 4.79 Å². The number of rotatable bonds is 4. The van der Waals surface area contributed by atoms with Gasteiger partial charge in [0.1, 0.15) is 6.04 Å². The fourth-order valence-electron chi connectivity index (χ4n) is 2.78. The van der Waals surface area contributed by atoms with E-state index in [1.807, 2.05) is 29.2 Å². The predicted molar refractivity (Wildman–Crippen MR) is 82.1 cm³/mol. The molecule has 2 rings (SSSR count). The molecule has 1 aliphatic heterocycles. The number of hydrogen-bond acceptors (Lipinski definition) is 2. The second-order valence-corrected chi connectivity index (χ2v) is 5.76. The zero-order valence-electron chi connectivity index (χ0n) is 12.0. The third-order valence-corrected chi connectivity index (χ3v) is 4.17. The van der Waals surface area contributed by atoms with Crippen LogP contribution in [-0.2, 0) is 11.2 Å². The third-order valence-electron chi connectivity index (χ3n) is 3.80. The number of amides is 3. The molecule has 0 radical (unpaired) electrons. The number of nitrogens with zero attached hydrogens (tertiary/aromatic N) is 1. The van der Waals surface area contributed by atoms with Crippen LogP contribution in [0.1, 0.15) is 25.3 Å². The third kappa shape index (κ3) is 3.88. The minimum absolute atomic E-state index is 0.0941. The first-order valence-electron chi connectivity index (χ1n) is 7.09. The first-order chi connectivity index (χ1) is 9.99. The van der Waals surface area contributed by atoms with Crippen LogP contribution in [0.5, 0.6) is 0 Å². The maximum atomic E-state index is 12.4. The molecule has 1 fully saturated rings. The normalized spacial score (nSPS) is 19.3. The zero-order valence-corrected chi connectivity index (χ0v) is 12.8. The van der Waals surface area contributed by atoms with E-state index in [1.165, 1.54) is 0 Å². The maximum absolute atomic E-state index is 12.4. The number of urea groups is 1. The minimum Gasteiger partial charge on any atom is -0.352 e. The summed E-state index contributed by atoms with van der Waals surface area (Å²) in [5.74, 6) is -0.0941. The first-order valence-corrected chi connectivity index (χ1v) is 7.46. The van der Waals surface area contributed by atoms with Gasteiger partial charge in [0.15, 0.2) is 0 Å². The van der Waals surface area contributed by atoms with E-state index >= 15 is 0 Å². The molecule has 1 aliphatic rings. The molecule has 2 unspecified atom stereocenters. The number of benzene rings is 1. The van der Waals surface area contributed by atoms with E-state index in [1.54, 1.807) is 6.92 Å². The van der Waals surface area contributed by atoms with Gasteiger partial charge in [0, 0.05) is 17.6 Å². The van der Waals surface area contributed by atoms with Gasteiger partial charge in [-0.05, 0) is 37.8 Å². The van der Waals surface area contributed by atoms with Crippen molar-refractivity contribution in [1.29, 1.82) is 0 Å². The quantitative estimate of drug-likeness (QED) is 0.891.